The van der Waals surface area contributed by atoms with Gasteiger partial charge in [0, 0.05) is 22.2 Å². The number of nitrogens with zero attached hydrogens (tertiary/aromatic N) is 1. The molecule has 0 saturated carbocycles. The molecule has 0 N–H and O–H groups in total. The van der Waals surface area contributed by atoms with Gasteiger partial charge in [0.1, 0.15) is 0 Å². The van der Waals surface area contributed by atoms with Crippen LogP contribution in [0.25, 0.3) is 50.2 Å². The van der Waals surface area contributed by atoms with E-state index in [1.807, 2.05) is 0 Å². The van der Waals surface area contributed by atoms with Gasteiger partial charge < -0.3 is 4.90 Å². The van der Waals surface area contributed by atoms with Crippen molar-refractivity contribution >= 4 is 33.9 Å². The molecule has 0 aromatic heterocycles. The molecule has 10 rings (SSSR count). The van der Waals surface area contributed by atoms with Crippen molar-refractivity contribution in [3.8, 4) is 33.4 Å². The molecule has 1 atom stereocenters. The third kappa shape index (κ3) is 10.3. The second-order valence-electron chi connectivity index (χ2n) is 19.5. The summed E-state index contributed by atoms with van der Waals surface area (Å²) in [5.74, 6) is 1.24. The fraction of sp³-hybridized carbons (Fsp3) is 0.206. The predicted molar refractivity (Wildman–Crippen MR) is 302 cm³/mol. The Morgan fingerprint density at radius 1 is 0.493 bits per heavy atom. The molecule has 0 amide bonds. The minimum atomic E-state index is -0.0572. The van der Waals surface area contributed by atoms with Gasteiger partial charge in [-0.3, -0.25) is 0 Å². The minimum Gasteiger partial charge on any atom is -0.310 e. The van der Waals surface area contributed by atoms with E-state index in [0.717, 1.165) is 5.69 Å². The van der Waals surface area contributed by atoms with Gasteiger partial charge in [-0.2, -0.15) is 0 Å². The molecule has 1 heteroatoms. The molecular weight excluding hydrogens is 831 g/mol. The predicted octanol–water partition coefficient (Wildman–Crippen LogP) is 19.9. The lowest BCUT2D eigenvalue weighted by atomic mass is 9.82. The Kier molecular flexibility index (Phi) is 15.0. The molecule has 0 fully saturated rings. The van der Waals surface area contributed by atoms with Gasteiger partial charge in [-0.1, -0.05) is 224 Å². The summed E-state index contributed by atoms with van der Waals surface area (Å²) in [6, 6.07) is 72.9. The van der Waals surface area contributed by atoms with E-state index in [1.165, 1.54) is 106 Å². The summed E-state index contributed by atoms with van der Waals surface area (Å²) < 4.78 is 0. The highest BCUT2D eigenvalue weighted by Gasteiger charge is 2.35. The van der Waals surface area contributed by atoms with Crippen LogP contribution in [-0.2, 0) is 5.41 Å². The lowest BCUT2D eigenvalue weighted by Gasteiger charge is -2.29. The fourth-order valence-electron chi connectivity index (χ4n) is 9.91. The average Bonchev–Trinajstić information content (AvgIpc) is 3.61. The van der Waals surface area contributed by atoms with E-state index in [2.05, 4.69) is 286 Å². The maximum atomic E-state index is 2.42. The Labute approximate surface area is 413 Å². The van der Waals surface area contributed by atoms with Gasteiger partial charge in [0.15, 0.2) is 0 Å². The fourth-order valence-corrected chi connectivity index (χ4v) is 9.91. The van der Waals surface area contributed by atoms with Crippen LogP contribution in [0.4, 0.5) is 17.1 Å². The second-order valence-corrected chi connectivity index (χ2v) is 19.5. The van der Waals surface area contributed by atoms with Crippen LogP contribution in [0.5, 0.6) is 0 Å². The topological polar surface area (TPSA) is 3.24 Å². The summed E-state index contributed by atoms with van der Waals surface area (Å²) >= 11 is 0. The first-order valence-corrected chi connectivity index (χ1v) is 25.0. The SMILES string of the molecule is C/C=C\c1ccc(-c2ccccc2C)c(C)c1C.CC(C)c1ccc(-c2ccc(N(c3ccc4c(c3)C(C)(C)c3ccccc3-4)c3cccc4ccccc34)cc2)cc1.CCC(C)c1ccccc1. The third-order valence-corrected chi connectivity index (χ3v) is 14.5. The zero-order valence-electron chi connectivity index (χ0n) is 42.5. The number of benzene rings is 9. The van der Waals surface area contributed by atoms with Gasteiger partial charge in [-0.05, 0) is 160 Å². The van der Waals surface area contributed by atoms with E-state index in [-0.39, 0.29) is 5.41 Å². The summed E-state index contributed by atoms with van der Waals surface area (Å²) in [5, 5.41) is 2.48. The second kappa shape index (κ2) is 21.4. The van der Waals surface area contributed by atoms with Crippen molar-refractivity contribution in [2.24, 2.45) is 0 Å². The Bertz CT molecular complexity index is 3180. The number of fused-ring (bicyclic) bond motifs is 4. The van der Waals surface area contributed by atoms with Crippen LogP contribution in [-0.4, -0.2) is 0 Å². The molecule has 346 valence electrons. The van der Waals surface area contributed by atoms with E-state index in [4.69, 9.17) is 0 Å². The zero-order valence-corrected chi connectivity index (χ0v) is 42.5. The number of allylic oxidation sites excluding steroid dienone is 1. The van der Waals surface area contributed by atoms with Crippen molar-refractivity contribution in [3.63, 3.8) is 0 Å². The first kappa shape index (κ1) is 48.2. The quantitative estimate of drug-likeness (QED) is 0.140. The van der Waals surface area contributed by atoms with Crippen LogP contribution in [0.15, 0.2) is 206 Å². The normalized spacial score (nSPS) is 12.7. The molecule has 69 heavy (non-hydrogen) atoms. The highest BCUT2D eigenvalue weighted by atomic mass is 15.1. The molecule has 0 radical (unpaired) electrons. The third-order valence-electron chi connectivity index (χ3n) is 14.5. The summed E-state index contributed by atoms with van der Waals surface area (Å²) in [7, 11) is 0. The molecule has 9 aromatic rings. The summed E-state index contributed by atoms with van der Waals surface area (Å²) in [4.78, 5) is 2.42. The molecule has 1 unspecified atom stereocenters. The van der Waals surface area contributed by atoms with E-state index in [0.29, 0.717) is 11.8 Å². The van der Waals surface area contributed by atoms with Crippen LogP contribution < -0.4 is 4.90 Å². The lowest BCUT2D eigenvalue weighted by molar-refractivity contribution is 0.660. The number of anilines is 3. The Morgan fingerprint density at radius 3 is 1.75 bits per heavy atom. The van der Waals surface area contributed by atoms with Gasteiger partial charge in [-0.25, -0.2) is 0 Å². The van der Waals surface area contributed by atoms with Crippen LogP contribution in [0.1, 0.15) is 111 Å². The van der Waals surface area contributed by atoms with Crippen LogP contribution in [0.2, 0.25) is 0 Å². The molecule has 0 spiro atoms. The minimum absolute atomic E-state index is 0.0572. The standard InChI is InChI=1S/C40H35N.C18H20.C10H14/c1-27(2)28-16-18-29(19-17-28)30-20-22-32(23-21-30)41(39-15-9-11-31-10-5-6-12-34(31)39)33-24-25-36-35-13-7-8-14-37(35)40(3,4)38(36)26-33;1-5-8-16-11-12-18(15(4)14(16)3)17-10-7-6-9-13(17)2;1-3-9(2)10-7-5-4-6-8-10/h5-27H,1-4H3;5-12H,1-4H3;4-9H,3H2,1-2H3/b;8-5-;. The number of hydrogen-bond acceptors (Lipinski definition) is 1. The monoisotopic (exact) mass is 900 g/mol. The first-order valence-electron chi connectivity index (χ1n) is 25.0. The first-order chi connectivity index (χ1) is 33.4. The van der Waals surface area contributed by atoms with Crippen molar-refractivity contribution in [2.45, 2.75) is 92.9 Å². The maximum Gasteiger partial charge on any atom is 0.0540 e. The maximum absolute atomic E-state index is 2.42. The van der Waals surface area contributed by atoms with E-state index >= 15 is 0 Å². The molecule has 1 aliphatic rings. The Morgan fingerprint density at radius 2 is 1.07 bits per heavy atom. The van der Waals surface area contributed by atoms with Gasteiger partial charge in [0.2, 0.25) is 0 Å². The Balaban J connectivity index is 0.000000188. The molecule has 0 heterocycles. The average molecular weight is 900 g/mol. The highest BCUT2D eigenvalue weighted by molar-refractivity contribution is 5.99. The largest absolute Gasteiger partial charge is 0.310 e. The van der Waals surface area contributed by atoms with Crippen LogP contribution in [0, 0.1) is 20.8 Å². The Hall–Kier alpha value is -7.22. The molecule has 1 nitrogen and oxygen atoms in total. The number of rotatable bonds is 9. The number of hydrogen-bond donors (Lipinski definition) is 0. The van der Waals surface area contributed by atoms with Crippen LogP contribution in [0.3, 0.4) is 0 Å². The van der Waals surface area contributed by atoms with Gasteiger partial charge >= 0.3 is 0 Å². The van der Waals surface area contributed by atoms with Crippen LogP contribution >= 0.6 is 0 Å². The van der Waals surface area contributed by atoms with Crippen molar-refractivity contribution in [1.29, 1.82) is 0 Å². The molecule has 9 aromatic carbocycles. The molecule has 1 aliphatic carbocycles. The van der Waals surface area contributed by atoms with Gasteiger partial charge in [0.25, 0.3) is 0 Å². The molecule has 0 aliphatic heterocycles. The molecule has 0 saturated heterocycles. The van der Waals surface area contributed by atoms with Crippen molar-refractivity contribution in [2.75, 3.05) is 4.90 Å². The molecular formula is C68H69N. The van der Waals surface area contributed by atoms with E-state index in [1.54, 1.807) is 0 Å². The van der Waals surface area contributed by atoms with E-state index in [9.17, 15) is 0 Å². The van der Waals surface area contributed by atoms with Crippen molar-refractivity contribution in [1.82, 2.24) is 0 Å². The summed E-state index contributed by atoms with van der Waals surface area (Å²) in [6.45, 7) is 22.3. The van der Waals surface area contributed by atoms with Gasteiger partial charge in [0.05, 0.1) is 5.69 Å². The summed E-state index contributed by atoms with van der Waals surface area (Å²) in [6.07, 6.45) is 5.49. The zero-order chi connectivity index (χ0) is 48.7. The van der Waals surface area contributed by atoms with Gasteiger partial charge in [-0.15, -0.1) is 0 Å². The van der Waals surface area contributed by atoms with E-state index < -0.39 is 0 Å². The van der Waals surface area contributed by atoms with Crippen molar-refractivity contribution in [3.05, 3.63) is 251 Å². The smallest absolute Gasteiger partial charge is 0.0540 e. The highest BCUT2D eigenvalue weighted by Crippen LogP contribution is 2.51. The number of aryl methyl sites for hydroxylation is 1. The molecule has 0 bridgehead atoms. The lowest BCUT2D eigenvalue weighted by Crippen LogP contribution is -2.16. The summed E-state index contributed by atoms with van der Waals surface area (Å²) in [5.41, 5.74) is 22.3. The van der Waals surface area contributed by atoms with Crippen molar-refractivity contribution < 1.29 is 0 Å².